The van der Waals surface area contributed by atoms with Gasteiger partial charge in [0.15, 0.2) is 0 Å². The first-order valence-corrected chi connectivity index (χ1v) is 6.85. The van der Waals surface area contributed by atoms with Gasteiger partial charge < -0.3 is 14.9 Å². The number of carbonyl (C=O) groups is 2. The summed E-state index contributed by atoms with van der Waals surface area (Å²) in [6.45, 7) is 5.15. The minimum absolute atomic E-state index is 0.107. The van der Waals surface area contributed by atoms with Gasteiger partial charge >= 0.3 is 12.0 Å². The minimum atomic E-state index is -0.767. The average molecular weight is 254 g/mol. The number of hydrogen-bond acceptors (Lipinski definition) is 2. The van der Waals surface area contributed by atoms with Gasteiger partial charge in [0.1, 0.15) is 0 Å². The average Bonchev–Trinajstić information content (AvgIpc) is 2.71. The highest BCUT2D eigenvalue weighted by atomic mass is 16.4. The lowest BCUT2D eigenvalue weighted by atomic mass is 9.97. The second-order valence-electron chi connectivity index (χ2n) is 5.54. The van der Waals surface area contributed by atoms with Crippen molar-refractivity contribution in [2.75, 3.05) is 26.2 Å². The lowest BCUT2D eigenvalue weighted by molar-refractivity contribution is -0.139. The molecule has 0 aliphatic carbocycles. The molecular weight excluding hydrogens is 232 g/mol. The maximum absolute atomic E-state index is 12.1. The van der Waals surface area contributed by atoms with E-state index in [-0.39, 0.29) is 18.4 Å². The molecule has 2 heterocycles. The Morgan fingerprint density at radius 1 is 1.17 bits per heavy atom. The van der Waals surface area contributed by atoms with Crippen molar-refractivity contribution < 1.29 is 14.7 Å². The quantitative estimate of drug-likeness (QED) is 0.829. The first-order valence-electron chi connectivity index (χ1n) is 6.85. The molecular formula is C13H22N2O3. The van der Waals surface area contributed by atoms with Gasteiger partial charge in [0.2, 0.25) is 0 Å². The van der Waals surface area contributed by atoms with Crippen LogP contribution in [0.15, 0.2) is 0 Å². The molecule has 18 heavy (non-hydrogen) atoms. The Bertz CT molecular complexity index is 326. The highest BCUT2D eigenvalue weighted by Crippen LogP contribution is 2.25. The number of hydrogen-bond donors (Lipinski definition) is 1. The molecule has 5 heteroatoms. The summed E-state index contributed by atoms with van der Waals surface area (Å²) in [7, 11) is 0. The molecule has 2 rings (SSSR count). The third kappa shape index (κ3) is 2.94. The second-order valence-corrected chi connectivity index (χ2v) is 5.54. The van der Waals surface area contributed by atoms with E-state index in [1.165, 1.54) is 12.8 Å². The summed E-state index contributed by atoms with van der Waals surface area (Å²) in [6.07, 6.45) is 3.68. The fourth-order valence-electron chi connectivity index (χ4n) is 2.95. The van der Waals surface area contributed by atoms with Crippen LogP contribution in [0.25, 0.3) is 0 Å². The molecule has 0 radical (unpaired) electrons. The van der Waals surface area contributed by atoms with E-state index in [1.807, 2.05) is 4.90 Å². The fraction of sp³-hybridized carbons (Fsp3) is 0.846. The molecule has 2 aliphatic heterocycles. The van der Waals surface area contributed by atoms with Crippen molar-refractivity contribution >= 4 is 12.0 Å². The number of amides is 2. The monoisotopic (exact) mass is 254 g/mol. The Kier molecular flexibility index (Phi) is 4.09. The molecule has 2 saturated heterocycles. The third-order valence-corrected chi connectivity index (χ3v) is 3.94. The van der Waals surface area contributed by atoms with E-state index < -0.39 is 5.97 Å². The largest absolute Gasteiger partial charge is 0.481 e. The van der Waals surface area contributed by atoms with Gasteiger partial charge in [0.25, 0.3) is 0 Å². The van der Waals surface area contributed by atoms with E-state index >= 15 is 0 Å². The zero-order valence-corrected chi connectivity index (χ0v) is 11.0. The summed E-state index contributed by atoms with van der Waals surface area (Å²) in [6, 6.07) is 0.107. The minimum Gasteiger partial charge on any atom is -0.481 e. The molecule has 102 valence electrons. The van der Waals surface area contributed by atoms with E-state index in [4.69, 9.17) is 5.11 Å². The predicted molar refractivity (Wildman–Crippen MR) is 67.3 cm³/mol. The van der Waals surface area contributed by atoms with Crippen molar-refractivity contribution in [3.05, 3.63) is 0 Å². The Hall–Kier alpha value is -1.26. The van der Waals surface area contributed by atoms with Crippen LogP contribution >= 0.6 is 0 Å². The number of nitrogens with zero attached hydrogens (tertiary/aromatic N) is 2. The summed E-state index contributed by atoms with van der Waals surface area (Å²) >= 11 is 0. The van der Waals surface area contributed by atoms with Crippen LogP contribution in [0.4, 0.5) is 4.79 Å². The molecule has 2 aliphatic rings. The molecule has 0 aromatic heterocycles. The first-order chi connectivity index (χ1) is 8.60. The smallest absolute Gasteiger partial charge is 0.320 e. The number of aliphatic carboxylic acids is 1. The maximum atomic E-state index is 12.1. The van der Waals surface area contributed by atoms with Crippen molar-refractivity contribution in [2.45, 2.75) is 32.6 Å². The summed E-state index contributed by atoms with van der Waals surface area (Å²) in [4.78, 5) is 26.4. The van der Waals surface area contributed by atoms with Crippen molar-refractivity contribution in [1.82, 2.24) is 9.80 Å². The molecule has 1 unspecified atom stereocenters. The van der Waals surface area contributed by atoms with Crippen LogP contribution in [0.2, 0.25) is 0 Å². The van der Waals surface area contributed by atoms with Gasteiger partial charge in [0.05, 0.1) is 6.42 Å². The number of carbonyl (C=O) groups excluding carboxylic acids is 1. The van der Waals surface area contributed by atoms with Gasteiger partial charge in [-0.05, 0) is 18.8 Å². The predicted octanol–water partition coefficient (Wildman–Crippen LogP) is 1.63. The van der Waals surface area contributed by atoms with Gasteiger partial charge in [0, 0.05) is 32.1 Å². The Balaban J connectivity index is 1.72. The molecule has 1 atom stereocenters. The number of carboxylic acid groups (broad SMARTS) is 1. The van der Waals surface area contributed by atoms with Gasteiger partial charge in [-0.2, -0.15) is 0 Å². The van der Waals surface area contributed by atoms with E-state index in [2.05, 4.69) is 6.92 Å². The molecule has 0 spiro atoms. The first kappa shape index (κ1) is 13.2. The van der Waals surface area contributed by atoms with Crippen LogP contribution in [0.1, 0.15) is 32.6 Å². The normalized spacial score (nSPS) is 24.2. The summed E-state index contributed by atoms with van der Waals surface area (Å²) in [5.74, 6) is 0.0480. The van der Waals surface area contributed by atoms with Gasteiger partial charge in [-0.1, -0.05) is 13.3 Å². The lowest BCUT2D eigenvalue weighted by Gasteiger charge is -2.40. The number of rotatable bonds is 4. The highest BCUT2D eigenvalue weighted by Gasteiger charge is 2.36. The maximum Gasteiger partial charge on any atom is 0.320 e. The van der Waals surface area contributed by atoms with Crippen LogP contribution in [0.3, 0.4) is 0 Å². The summed E-state index contributed by atoms with van der Waals surface area (Å²) in [5, 5.41) is 8.67. The Morgan fingerprint density at radius 2 is 1.83 bits per heavy atom. The van der Waals surface area contributed by atoms with E-state index in [9.17, 15) is 9.59 Å². The molecule has 0 bridgehead atoms. The third-order valence-electron chi connectivity index (χ3n) is 3.94. The van der Waals surface area contributed by atoms with Gasteiger partial charge in [-0.3, -0.25) is 4.79 Å². The standard InChI is InChI=1S/C13H22N2O3/c1-2-3-10-4-5-14(7-10)13(18)15-8-11(9-15)6-12(16)17/h10-11H,2-9H2,1H3,(H,16,17). The summed E-state index contributed by atoms with van der Waals surface area (Å²) in [5.41, 5.74) is 0. The van der Waals surface area contributed by atoms with Gasteiger partial charge in [-0.15, -0.1) is 0 Å². The SMILES string of the molecule is CCCC1CCN(C(=O)N2CC(CC(=O)O)C2)C1. The van der Waals surface area contributed by atoms with E-state index in [0.29, 0.717) is 19.0 Å². The number of urea groups is 1. The molecule has 0 saturated carbocycles. The molecule has 2 fully saturated rings. The molecule has 0 aromatic rings. The van der Waals surface area contributed by atoms with Crippen LogP contribution in [0.5, 0.6) is 0 Å². The molecule has 0 aromatic carbocycles. The van der Waals surface area contributed by atoms with E-state index in [0.717, 1.165) is 19.5 Å². The summed E-state index contributed by atoms with van der Waals surface area (Å²) < 4.78 is 0. The van der Waals surface area contributed by atoms with Gasteiger partial charge in [-0.25, -0.2) is 4.79 Å². The zero-order chi connectivity index (χ0) is 13.1. The Morgan fingerprint density at radius 3 is 2.44 bits per heavy atom. The Labute approximate surface area is 108 Å². The molecule has 5 nitrogen and oxygen atoms in total. The van der Waals surface area contributed by atoms with Crippen molar-refractivity contribution in [3.63, 3.8) is 0 Å². The number of likely N-dealkylation sites (tertiary alicyclic amines) is 2. The number of carboxylic acids is 1. The molecule has 2 amide bonds. The van der Waals surface area contributed by atoms with Crippen molar-refractivity contribution in [3.8, 4) is 0 Å². The zero-order valence-electron chi connectivity index (χ0n) is 11.0. The van der Waals surface area contributed by atoms with E-state index in [1.54, 1.807) is 4.90 Å². The second kappa shape index (κ2) is 5.59. The lowest BCUT2D eigenvalue weighted by Crippen LogP contribution is -2.54. The topological polar surface area (TPSA) is 60.9 Å². The van der Waals surface area contributed by atoms with Crippen LogP contribution in [0, 0.1) is 11.8 Å². The van der Waals surface area contributed by atoms with Crippen LogP contribution in [-0.2, 0) is 4.79 Å². The van der Waals surface area contributed by atoms with Crippen molar-refractivity contribution in [2.24, 2.45) is 11.8 Å². The van der Waals surface area contributed by atoms with Crippen LogP contribution in [-0.4, -0.2) is 53.1 Å². The highest BCUT2D eigenvalue weighted by molar-refractivity contribution is 5.76. The van der Waals surface area contributed by atoms with Crippen LogP contribution < -0.4 is 0 Å². The fourth-order valence-corrected chi connectivity index (χ4v) is 2.95. The molecule has 1 N–H and O–H groups in total. The van der Waals surface area contributed by atoms with Crippen molar-refractivity contribution in [1.29, 1.82) is 0 Å².